The van der Waals surface area contributed by atoms with Crippen molar-refractivity contribution in [1.29, 1.82) is 0 Å². The van der Waals surface area contributed by atoms with Gasteiger partial charge in [-0.25, -0.2) is 0 Å². The number of rotatable bonds is 2. The molecule has 16 heavy (non-hydrogen) atoms. The summed E-state index contributed by atoms with van der Waals surface area (Å²) in [6, 6.07) is 5.77. The molecule has 1 N–H and O–H groups in total. The van der Waals surface area contributed by atoms with Gasteiger partial charge in [-0.15, -0.1) is 0 Å². The fourth-order valence-corrected chi connectivity index (χ4v) is 2.08. The van der Waals surface area contributed by atoms with E-state index in [-0.39, 0.29) is 5.56 Å². The van der Waals surface area contributed by atoms with Crippen LogP contribution in [0.1, 0.15) is 18.9 Å². The van der Waals surface area contributed by atoms with Crippen LogP contribution in [0.15, 0.2) is 23.0 Å². The smallest absolute Gasteiger partial charge is 0.262 e. The Morgan fingerprint density at radius 1 is 1.44 bits per heavy atom. The zero-order chi connectivity index (χ0) is 11.7. The lowest BCUT2D eigenvalue weighted by molar-refractivity contribution is 0.638. The van der Waals surface area contributed by atoms with Gasteiger partial charge < -0.3 is 4.98 Å². The minimum Gasteiger partial charge on any atom is -0.332 e. The summed E-state index contributed by atoms with van der Waals surface area (Å²) in [5, 5.41) is 0.710. The molecule has 3 nitrogen and oxygen atoms in total. The van der Waals surface area contributed by atoms with E-state index in [1.807, 2.05) is 32.0 Å². The number of H-pyrrole nitrogens is 1. The van der Waals surface area contributed by atoms with Crippen LogP contribution in [0.25, 0.3) is 10.9 Å². The minimum atomic E-state index is 0.00398. The number of aromatic nitrogens is 2. The highest BCUT2D eigenvalue weighted by Gasteiger charge is 2.04. The van der Waals surface area contributed by atoms with E-state index in [1.165, 1.54) is 0 Å². The van der Waals surface area contributed by atoms with Gasteiger partial charge in [0, 0.05) is 6.54 Å². The molecule has 0 atom stereocenters. The number of nitrogens with one attached hydrogen (secondary N) is 1. The van der Waals surface area contributed by atoms with Crippen LogP contribution < -0.4 is 5.56 Å². The summed E-state index contributed by atoms with van der Waals surface area (Å²) in [5.74, 6) is 0. The molecule has 0 aliphatic heterocycles. The Kier molecular flexibility index (Phi) is 2.92. The number of hydrogen-bond donors (Lipinski definition) is 1. The lowest BCUT2D eigenvalue weighted by atomic mass is 10.2. The largest absolute Gasteiger partial charge is 0.332 e. The fraction of sp³-hybridized carbons (Fsp3) is 0.333. The zero-order valence-electron chi connectivity index (χ0n) is 9.41. The predicted octanol–water partition coefficient (Wildman–Crippen LogP) is 2.78. The molecule has 2 aromatic rings. The summed E-state index contributed by atoms with van der Waals surface area (Å²) in [5.41, 5.74) is 1.90. The second-order valence-electron chi connectivity index (χ2n) is 3.94. The summed E-state index contributed by atoms with van der Waals surface area (Å²) < 4.78 is 2.13. The molecule has 0 saturated carbocycles. The first-order valence-electron chi connectivity index (χ1n) is 5.37. The Balaban J connectivity index is 2.85. The molecule has 0 bridgehead atoms. The van der Waals surface area contributed by atoms with Crippen LogP contribution in [-0.4, -0.2) is 9.55 Å². The van der Waals surface area contributed by atoms with E-state index >= 15 is 0 Å². The molecule has 84 valence electrons. The molecule has 0 spiro atoms. The normalized spacial score (nSPS) is 10.9. The minimum absolute atomic E-state index is 0.00398. The van der Waals surface area contributed by atoms with E-state index in [0.29, 0.717) is 16.7 Å². The first-order chi connectivity index (χ1) is 7.63. The van der Waals surface area contributed by atoms with E-state index in [9.17, 15) is 4.79 Å². The molecule has 0 unspecified atom stereocenters. The average molecular weight is 234 g/mol. The van der Waals surface area contributed by atoms with Crippen LogP contribution >= 0.6 is 12.2 Å². The first kappa shape index (κ1) is 11.1. The van der Waals surface area contributed by atoms with Crippen molar-refractivity contribution < 1.29 is 0 Å². The van der Waals surface area contributed by atoms with Gasteiger partial charge in [0.2, 0.25) is 0 Å². The first-order valence-corrected chi connectivity index (χ1v) is 5.78. The summed E-state index contributed by atoms with van der Waals surface area (Å²) in [6.45, 7) is 4.67. The molecule has 0 aliphatic rings. The van der Waals surface area contributed by atoms with Gasteiger partial charge in [-0.1, -0.05) is 18.6 Å². The van der Waals surface area contributed by atoms with Crippen molar-refractivity contribution in [2.45, 2.75) is 26.8 Å². The second-order valence-corrected chi connectivity index (χ2v) is 4.32. The summed E-state index contributed by atoms with van der Waals surface area (Å²) in [6.07, 6.45) is 0.898. The maximum Gasteiger partial charge on any atom is 0.262 e. The third kappa shape index (κ3) is 1.80. The van der Waals surface area contributed by atoms with Crippen molar-refractivity contribution in [3.05, 3.63) is 38.9 Å². The van der Waals surface area contributed by atoms with Crippen molar-refractivity contribution in [2.75, 3.05) is 0 Å². The van der Waals surface area contributed by atoms with Gasteiger partial charge in [-0.05, 0) is 37.7 Å². The monoisotopic (exact) mass is 234 g/mol. The van der Waals surface area contributed by atoms with E-state index in [0.717, 1.165) is 17.5 Å². The van der Waals surface area contributed by atoms with Crippen LogP contribution in [0.2, 0.25) is 0 Å². The highest BCUT2D eigenvalue weighted by molar-refractivity contribution is 7.71. The standard InChI is InChI=1S/C12H14N2OS/c1-3-6-14-11(15)9-7-8(2)4-5-10(9)13-12(14)16/h4-5,7H,3,6H2,1-2H3,(H,13,16). The number of aromatic amines is 1. The van der Waals surface area contributed by atoms with Gasteiger partial charge in [0.25, 0.3) is 5.56 Å². The third-order valence-electron chi connectivity index (χ3n) is 2.58. The molecule has 0 fully saturated rings. The lowest BCUT2D eigenvalue weighted by Gasteiger charge is -2.06. The highest BCUT2D eigenvalue weighted by Crippen LogP contribution is 2.09. The molecule has 0 aliphatic carbocycles. The number of fused-ring (bicyclic) bond motifs is 1. The molecule has 0 radical (unpaired) electrons. The van der Waals surface area contributed by atoms with Crippen LogP contribution in [0.5, 0.6) is 0 Å². The summed E-state index contributed by atoms with van der Waals surface area (Å²) >= 11 is 5.17. The molecular weight excluding hydrogens is 220 g/mol. The van der Waals surface area contributed by atoms with Crippen molar-refractivity contribution in [2.24, 2.45) is 0 Å². The quantitative estimate of drug-likeness (QED) is 0.811. The topological polar surface area (TPSA) is 37.8 Å². The predicted molar refractivity (Wildman–Crippen MR) is 68.4 cm³/mol. The van der Waals surface area contributed by atoms with Crippen molar-refractivity contribution >= 4 is 23.1 Å². The fourth-order valence-electron chi connectivity index (χ4n) is 1.79. The van der Waals surface area contributed by atoms with Gasteiger partial charge in [-0.3, -0.25) is 9.36 Å². The third-order valence-corrected chi connectivity index (χ3v) is 2.91. The number of hydrogen-bond acceptors (Lipinski definition) is 2. The molecule has 4 heteroatoms. The van der Waals surface area contributed by atoms with E-state index in [1.54, 1.807) is 4.57 Å². The van der Waals surface area contributed by atoms with Gasteiger partial charge in [-0.2, -0.15) is 0 Å². The SMILES string of the molecule is CCCn1c(=S)[nH]c2ccc(C)cc2c1=O. The van der Waals surface area contributed by atoms with Gasteiger partial charge in [0.05, 0.1) is 10.9 Å². The van der Waals surface area contributed by atoms with E-state index < -0.39 is 0 Å². The van der Waals surface area contributed by atoms with Crippen LogP contribution in [0, 0.1) is 11.7 Å². The van der Waals surface area contributed by atoms with Crippen molar-refractivity contribution in [1.82, 2.24) is 9.55 Å². The molecule has 0 saturated heterocycles. The maximum atomic E-state index is 12.2. The van der Waals surface area contributed by atoms with E-state index in [2.05, 4.69) is 4.98 Å². The second kappa shape index (κ2) is 4.22. The lowest BCUT2D eigenvalue weighted by Crippen LogP contribution is -2.22. The number of aryl methyl sites for hydroxylation is 1. The number of benzene rings is 1. The Labute approximate surface area is 98.7 Å². The van der Waals surface area contributed by atoms with Gasteiger partial charge in [0.15, 0.2) is 4.77 Å². The molecule has 0 amide bonds. The molecule has 1 heterocycles. The van der Waals surface area contributed by atoms with Crippen molar-refractivity contribution in [3.63, 3.8) is 0 Å². The van der Waals surface area contributed by atoms with Gasteiger partial charge in [0.1, 0.15) is 0 Å². The van der Waals surface area contributed by atoms with E-state index in [4.69, 9.17) is 12.2 Å². The van der Waals surface area contributed by atoms with Crippen LogP contribution in [-0.2, 0) is 6.54 Å². The molecule has 1 aromatic carbocycles. The Morgan fingerprint density at radius 3 is 2.88 bits per heavy atom. The highest BCUT2D eigenvalue weighted by atomic mass is 32.1. The Bertz CT molecular complexity index is 639. The molecule has 1 aromatic heterocycles. The Morgan fingerprint density at radius 2 is 2.19 bits per heavy atom. The number of nitrogens with zero attached hydrogens (tertiary/aromatic N) is 1. The average Bonchev–Trinajstić information content (AvgIpc) is 2.26. The van der Waals surface area contributed by atoms with Gasteiger partial charge >= 0.3 is 0 Å². The zero-order valence-corrected chi connectivity index (χ0v) is 10.2. The van der Waals surface area contributed by atoms with Crippen LogP contribution in [0.4, 0.5) is 0 Å². The van der Waals surface area contributed by atoms with Crippen LogP contribution in [0.3, 0.4) is 0 Å². The summed E-state index contributed by atoms with van der Waals surface area (Å²) in [4.78, 5) is 15.3. The van der Waals surface area contributed by atoms with Crippen molar-refractivity contribution in [3.8, 4) is 0 Å². The summed E-state index contributed by atoms with van der Waals surface area (Å²) in [7, 11) is 0. The molecule has 2 rings (SSSR count). The maximum absolute atomic E-state index is 12.2. The Hall–Kier alpha value is -1.42. The molecular formula is C12H14N2OS.